The molecule has 0 spiro atoms. The number of carbonyl (C=O) groups excluding carboxylic acids is 1. The Labute approximate surface area is 75.2 Å². The lowest BCUT2D eigenvalue weighted by Gasteiger charge is -2.05. The number of hydrogen-bond donors (Lipinski definition) is 0. The fourth-order valence-corrected chi connectivity index (χ4v) is 1.11. The first-order valence-electron chi connectivity index (χ1n) is 3.52. The van der Waals surface area contributed by atoms with Gasteiger partial charge in [-0.15, -0.1) is 0 Å². The van der Waals surface area contributed by atoms with Crippen LogP contribution in [-0.4, -0.2) is 5.24 Å². The van der Waals surface area contributed by atoms with Crippen LogP contribution in [0.2, 0.25) is 0 Å². The molecule has 1 aromatic rings. The minimum atomic E-state index is -1.70. The lowest BCUT2D eigenvalue weighted by atomic mass is 10.1. The molecule has 0 aliphatic rings. The molecule has 0 N–H and O–H groups in total. The van der Waals surface area contributed by atoms with Gasteiger partial charge in [-0.2, -0.15) is 0 Å². The molecule has 0 radical (unpaired) electrons. The van der Waals surface area contributed by atoms with E-state index in [4.69, 9.17) is 11.6 Å². The van der Waals surface area contributed by atoms with Crippen molar-refractivity contribution < 1.29 is 9.18 Å². The van der Waals surface area contributed by atoms with Gasteiger partial charge in [-0.05, 0) is 29.7 Å². The average Bonchev–Trinajstić information content (AvgIpc) is 2.04. The molecule has 0 saturated carbocycles. The highest BCUT2D eigenvalue weighted by Gasteiger charge is 2.18. The molecule has 0 aromatic heterocycles. The number of rotatable bonds is 2. The van der Waals surface area contributed by atoms with Crippen molar-refractivity contribution in [1.82, 2.24) is 0 Å². The standard InChI is InChI=1S/C9H8ClFO/c1-6-4-2-3-5-7(6)8(11)9(10)12/h2-5,8H,1H3. The molecule has 1 unspecified atom stereocenters. The van der Waals surface area contributed by atoms with Gasteiger partial charge in [0.2, 0.25) is 0 Å². The molecule has 0 aliphatic heterocycles. The van der Waals surface area contributed by atoms with E-state index in [-0.39, 0.29) is 0 Å². The molecule has 1 atom stereocenters. The van der Waals surface area contributed by atoms with E-state index in [0.29, 0.717) is 5.56 Å². The predicted octanol–water partition coefficient (Wildman–Crippen LogP) is 2.77. The van der Waals surface area contributed by atoms with E-state index < -0.39 is 11.4 Å². The molecule has 64 valence electrons. The Hall–Kier alpha value is -0.890. The highest BCUT2D eigenvalue weighted by Crippen LogP contribution is 2.22. The first kappa shape index (κ1) is 9.20. The van der Waals surface area contributed by atoms with Gasteiger partial charge in [-0.1, -0.05) is 24.3 Å². The fourth-order valence-electron chi connectivity index (χ4n) is 0.993. The van der Waals surface area contributed by atoms with Crippen molar-refractivity contribution in [2.75, 3.05) is 0 Å². The molecule has 3 heteroatoms. The van der Waals surface area contributed by atoms with Crippen molar-refractivity contribution in [3.05, 3.63) is 35.4 Å². The van der Waals surface area contributed by atoms with Crippen LogP contribution in [-0.2, 0) is 4.79 Å². The Balaban J connectivity index is 3.02. The SMILES string of the molecule is Cc1ccccc1C(F)C(=O)Cl. The third-order valence-corrected chi connectivity index (χ3v) is 1.85. The highest BCUT2D eigenvalue weighted by atomic mass is 35.5. The van der Waals surface area contributed by atoms with Crippen LogP contribution in [0.4, 0.5) is 4.39 Å². The summed E-state index contributed by atoms with van der Waals surface area (Å²) < 4.78 is 13.0. The van der Waals surface area contributed by atoms with Crippen LogP contribution in [0, 0.1) is 6.92 Å². The molecule has 1 aromatic carbocycles. The molecule has 0 amide bonds. The van der Waals surface area contributed by atoms with Crippen LogP contribution in [0.1, 0.15) is 17.3 Å². The van der Waals surface area contributed by atoms with E-state index in [0.717, 1.165) is 5.56 Å². The molecular formula is C9H8ClFO. The summed E-state index contributed by atoms with van der Waals surface area (Å²) in [6.45, 7) is 1.74. The smallest absolute Gasteiger partial charge is 0.260 e. The second-order valence-electron chi connectivity index (χ2n) is 2.52. The van der Waals surface area contributed by atoms with Gasteiger partial charge in [-0.25, -0.2) is 4.39 Å². The van der Waals surface area contributed by atoms with Gasteiger partial charge in [-0.3, -0.25) is 4.79 Å². The zero-order valence-electron chi connectivity index (χ0n) is 6.55. The number of carbonyl (C=O) groups is 1. The zero-order valence-corrected chi connectivity index (χ0v) is 7.31. The summed E-state index contributed by atoms with van der Waals surface area (Å²) in [5.74, 6) is 0. The van der Waals surface area contributed by atoms with Gasteiger partial charge in [0.1, 0.15) is 0 Å². The Bertz CT molecular complexity index is 298. The van der Waals surface area contributed by atoms with E-state index >= 15 is 0 Å². The summed E-state index contributed by atoms with van der Waals surface area (Å²) in [6, 6.07) is 6.75. The summed E-state index contributed by atoms with van der Waals surface area (Å²) in [5.41, 5.74) is 1.08. The first-order chi connectivity index (χ1) is 5.63. The van der Waals surface area contributed by atoms with Crippen LogP contribution in [0.3, 0.4) is 0 Å². The predicted molar refractivity (Wildman–Crippen MR) is 45.9 cm³/mol. The van der Waals surface area contributed by atoms with E-state index in [2.05, 4.69) is 0 Å². The summed E-state index contributed by atoms with van der Waals surface area (Å²) in [7, 11) is 0. The molecule has 0 aliphatic carbocycles. The monoisotopic (exact) mass is 186 g/mol. The van der Waals surface area contributed by atoms with Crippen molar-refractivity contribution >= 4 is 16.8 Å². The Kier molecular flexibility index (Phi) is 2.82. The maximum Gasteiger partial charge on any atom is 0.260 e. The van der Waals surface area contributed by atoms with Crippen LogP contribution in [0.5, 0.6) is 0 Å². The van der Waals surface area contributed by atoms with Crippen molar-refractivity contribution in [3.63, 3.8) is 0 Å². The number of alkyl halides is 1. The lowest BCUT2D eigenvalue weighted by molar-refractivity contribution is -0.116. The minimum Gasteiger partial charge on any atom is -0.278 e. The lowest BCUT2D eigenvalue weighted by Crippen LogP contribution is -2.01. The van der Waals surface area contributed by atoms with Gasteiger partial charge in [0, 0.05) is 0 Å². The van der Waals surface area contributed by atoms with Crippen LogP contribution in [0.25, 0.3) is 0 Å². The van der Waals surface area contributed by atoms with Gasteiger partial charge in [0.15, 0.2) is 6.17 Å². The molecule has 1 rings (SSSR count). The molecule has 0 fully saturated rings. The van der Waals surface area contributed by atoms with Gasteiger partial charge >= 0.3 is 0 Å². The Morgan fingerprint density at radius 3 is 2.58 bits per heavy atom. The fraction of sp³-hybridized carbons (Fsp3) is 0.222. The van der Waals surface area contributed by atoms with Gasteiger partial charge in [0.05, 0.1) is 0 Å². The molecule has 0 heterocycles. The normalized spacial score (nSPS) is 12.6. The molecule has 1 nitrogen and oxygen atoms in total. The average molecular weight is 187 g/mol. The second kappa shape index (κ2) is 3.68. The van der Waals surface area contributed by atoms with E-state index in [1.54, 1.807) is 31.2 Å². The third kappa shape index (κ3) is 1.83. The largest absolute Gasteiger partial charge is 0.278 e. The van der Waals surface area contributed by atoms with Crippen LogP contribution < -0.4 is 0 Å². The number of halogens is 2. The summed E-state index contributed by atoms with van der Waals surface area (Å²) in [5, 5.41) is -0.968. The summed E-state index contributed by atoms with van der Waals surface area (Å²) in [4.78, 5) is 10.5. The van der Waals surface area contributed by atoms with E-state index in [9.17, 15) is 9.18 Å². The van der Waals surface area contributed by atoms with Crippen molar-refractivity contribution in [3.8, 4) is 0 Å². The van der Waals surface area contributed by atoms with E-state index in [1.165, 1.54) is 0 Å². The second-order valence-corrected chi connectivity index (χ2v) is 2.90. The molecule has 12 heavy (non-hydrogen) atoms. The van der Waals surface area contributed by atoms with Gasteiger partial charge < -0.3 is 0 Å². The number of hydrogen-bond acceptors (Lipinski definition) is 1. The van der Waals surface area contributed by atoms with Crippen LogP contribution >= 0.6 is 11.6 Å². The zero-order chi connectivity index (χ0) is 9.14. The van der Waals surface area contributed by atoms with Gasteiger partial charge in [0.25, 0.3) is 5.24 Å². The van der Waals surface area contributed by atoms with Crippen molar-refractivity contribution in [1.29, 1.82) is 0 Å². The van der Waals surface area contributed by atoms with E-state index in [1.807, 2.05) is 0 Å². The highest BCUT2D eigenvalue weighted by molar-refractivity contribution is 6.64. The summed E-state index contributed by atoms with van der Waals surface area (Å²) in [6.07, 6.45) is -1.70. The maximum absolute atomic E-state index is 13.0. The molecule has 0 bridgehead atoms. The first-order valence-corrected chi connectivity index (χ1v) is 3.89. The topological polar surface area (TPSA) is 17.1 Å². The maximum atomic E-state index is 13.0. The summed E-state index contributed by atoms with van der Waals surface area (Å²) >= 11 is 5.02. The third-order valence-electron chi connectivity index (χ3n) is 1.66. The molecule has 0 saturated heterocycles. The number of aryl methyl sites for hydroxylation is 1. The van der Waals surface area contributed by atoms with Crippen molar-refractivity contribution in [2.24, 2.45) is 0 Å². The number of benzene rings is 1. The Morgan fingerprint density at radius 2 is 2.08 bits per heavy atom. The van der Waals surface area contributed by atoms with Crippen LogP contribution in [0.15, 0.2) is 24.3 Å². The minimum absolute atomic E-state index is 0.345. The quantitative estimate of drug-likeness (QED) is 0.650. The molecular weight excluding hydrogens is 179 g/mol. The van der Waals surface area contributed by atoms with Crippen molar-refractivity contribution in [2.45, 2.75) is 13.1 Å². The Morgan fingerprint density at radius 1 is 1.50 bits per heavy atom.